The van der Waals surface area contributed by atoms with Crippen LogP contribution in [0.2, 0.25) is 0 Å². The standard InChI is InChI=1S/C10H17NO4/c1-2-15-10(14)6-9(13)11-5-3-4-8(11)7-12/h8,12H,2-7H2,1H3. The number of amides is 1. The van der Waals surface area contributed by atoms with Gasteiger partial charge in [-0.15, -0.1) is 0 Å². The number of hydrogen-bond acceptors (Lipinski definition) is 4. The van der Waals surface area contributed by atoms with E-state index in [2.05, 4.69) is 0 Å². The van der Waals surface area contributed by atoms with Crippen molar-refractivity contribution in [2.75, 3.05) is 19.8 Å². The lowest BCUT2D eigenvalue weighted by molar-refractivity contribution is -0.149. The van der Waals surface area contributed by atoms with Crippen molar-refractivity contribution in [2.24, 2.45) is 0 Å². The largest absolute Gasteiger partial charge is 0.466 e. The Labute approximate surface area is 89.0 Å². The second-order valence-electron chi connectivity index (χ2n) is 3.55. The predicted molar refractivity (Wildman–Crippen MR) is 53.1 cm³/mol. The number of aliphatic hydroxyl groups is 1. The van der Waals surface area contributed by atoms with Gasteiger partial charge < -0.3 is 14.7 Å². The molecule has 1 atom stereocenters. The molecule has 86 valence electrons. The van der Waals surface area contributed by atoms with E-state index in [0.717, 1.165) is 12.8 Å². The average Bonchev–Trinajstić information content (AvgIpc) is 2.65. The van der Waals surface area contributed by atoms with Crippen LogP contribution in [-0.4, -0.2) is 47.7 Å². The van der Waals surface area contributed by atoms with E-state index in [1.807, 2.05) is 0 Å². The molecule has 1 fully saturated rings. The summed E-state index contributed by atoms with van der Waals surface area (Å²) in [6, 6.07) is -0.119. The minimum Gasteiger partial charge on any atom is -0.466 e. The van der Waals surface area contributed by atoms with Gasteiger partial charge in [0.25, 0.3) is 0 Å². The molecule has 0 saturated carbocycles. The van der Waals surface area contributed by atoms with E-state index < -0.39 is 5.97 Å². The number of aliphatic hydroxyl groups excluding tert-OH is 1. The van der Waals surface area contributed by atoms with Gasteiger partial charge in [0.2, 0.25) is 5.91 Å². The van der Waals surface area contributed by atoms with Crippen LogP contribution in [0.15, 0.2) is 0 Å². The van der Waals surface area contributed by atoms with Crippen LogP contribution >= 0.6 is 0 Å². The van der Waals surface area contributed by atoms with Gasteiger partial charge in [0.05, 0.1) is 19.3 Å². The fraction of sp³-hybridized carbons (Fsp3) is 0.800. The third-order valence-corrected chi connectivity index (χ3v) is 2.51. The predicted octanol–water partition coefficient (Wildman–Crippen LogP) is -0.0771. The van der Waals surface area contributed by atoms with Crippen LogP contribution in [0, 0.1) is 0 Å². The van der Waals surface area contributed by atoms with Gasteiger partial charge in [-0.05, 0) is 19.8 Å². The molecule has 1 N–H and O–H groups in total. The van der Waals surface area contributed by atoms with Crippen LogP contribution in [0.5, 0.6) is 0 Å². The Hall–Kier alpha value is -1.10. The minimum atomic E-state index is -0.494. The number of carbonyl (C=O) groups is 2. The molecule has 15 heavy (non-hydrogen) atoms. The zero-order valence-electron chi connectivity index (χ0n) is 8.94. The highest BCUT2D eigenvalue weighted by Gasteiger charge is 2.29. The smallest absolute Gasteiger partial charge is 0.315 e. The zero-order valence-corrected chi connectivity index (χ0v) is 8.94. The molecule has 1 saturated heterocycles. The maximum absolute atomic E-state index is 11.6. The first-order valence-corrected chi connectivity index (χ1v) is 5.25. The molecule has 0 aromatic heterocycles. The molecule has 0 aliphatic carbocycles. The molecule has 1 rings (SSSR count). The van der Waals surface area contributed by atoms with E-state index in [4.69, 9.17) is 9.84 Å². The summed E-state index contributed by atoms with van der Waals surface area (Å²) < 4.78 is 4.69. The minimum absolute atomic E-state index is 0.0332. The summed E-state index contributed by atoms with van der Waals surface area (Å²) in [5, 5.41) is 9.01. The van der Waals surface area contributed by atoms with E-state index >= 15 is 0 Å². The van der Waals surface area contributed by atoms with Crippen molar-refractivity contribution in [3.8, 4) is 0 Å². The van der Waals surface area contributed by atoms with Gasteiger partial charge >= 0.3 is 5.97 Å². The molecular weight excluding hydrogens is 198 g/mol. The zero-order chi connectivity index (χ0) is 11.3. The van der Waals surface area contributed by atoms with Crippen molar-refractivity contribution in [3.63, 3.8) is 0 Å². The number of rotatable bonds is 4. The van der Waals surface area contributed by atoms with Crippen molar-refractivity contribution in [3.05, 3.63) is 0 Å². The lowest BCUT2D eigenvalue weighted by Gasteiger charge is -2.22. The lowest BCUT2D eigenvalue weighted by atomic mass is 10.2. The molecule has 1 unspecified atom stereocenters. The molecule has 0 radical (unpaired) electrons. The molecule has 1 aliphatic heterocycles. The van der Waals surface area contributed by atoms with Gasteiger partial charge in [-0.25, -0.2) is 0 Å². The van der Waals surface area contributed by atoms with Crippen LogP contribution < -0.4 is 0 Å². The maximum Gasteiger partial charge on any atom is 0.315 e. The first-order valence-electron chi connectivity index (χ1n) is 5.25. The fourth-order valence-corrected chi connectivity index (χ4v) is 1.79. The highest BCUT2D eigenvalue weighted by atomic mass is 16.5. The Bertz CT molecular complexity index is 242. The summed E-state index contributed by atoms with van der Waals surface area (Å²) in [6.45, 7) is 2.59. The Morgan fingerprint density at radius 1 is 1.53 bits per heavy atom. The number of carbonyl (C=O) groups excluding carboxylic acids is 2. The van der Waals surface area contributed by atoms with Crippen molar-refractivity contribution < 1.29 is 19.4 Å². The number of ether oxygens (including phenoxy) is 1. The number of likely N-dealkylation sites (tertiary alicyclic amines) is 1. The van der Waals surface area contributed by atoms with Gasteiger partial charge in [0.15, 0.2) is 0 Å². The van der Waals surface area contributed by atoms with Crippen molar-refractivity contribution >= 4 is 11.9 Å². The Morgan fingerprint density at radius 2 is 2.27 bits per heavy atom. The van der Waals surface area contributed by atoms with Gasteiger partial charge in [-0.1, -0.05) is 0 Å². The normalized spacial score (nSPS) is 20.4. The summed E-state index contributed by atoms with van der Waals surface area (Å²) >= 11 is 0. The summed E-state index contributed by atoms with van der Waals surface area (Å²) in [5.74, 6) is -0.740. The first-order chi connectivity index (χ1) is 7.19. The molecule has 1 heterocycles. The van der Waals surface area contributed by atoms with E-state index in [1.54, 1.807) is 11.8 Å². The van der Waals surface area contributed by atoms with Crippen LogP contribution in [0.3, 0.4) is 0 Å². The highest BCUT2D eigenvalue weighted by molar-refractivity contribution is 5.94. The summed E-state index contributed by atoms with van der Waals surface area (Å²) in [6.07, 6.45) is 1.48. The third kappa shape index (κ3) is 3.20. The number of hydrogen-bond donors (Lipinski definition) is 1. The molecule has 0 aromatic rings. The van der Waals surface area contributed by atoms with Crippen LogP contribution in [0.25, 0.3) is 0 Å². The Balaban J connectivity index is 2.42. The Kier molecular flexibility index (Phi) is 4.55. The van der Waals surface area contributed by atoms with Crippen molar-refractivity contribution in [2.45, 2.75) is 32.2 Å². The fourth-order valence-electron chi connectivity index (χ4n) is 1.79. The maximum atomic E-state index is 11.6. The van der Waals surface area contributed by atoms with Crippen molar-refractivity contribution in [1.29, 1.82) is 0 Å². The molecule has 0 aromatic carbocycles. The van der Waals surface area contributed by atoms with Gasteiger partial charge in [0.1, 0.15) is 6.42 Å². The number of nitrogens with zero attached hydrogens (tertiary/aromatic N) is 1. The van der Waals surface area contributed by atoms with Crippen LogP contribution in [-0.2, 0) is 14.3 Å². The quantitative estimate of drug-likeness (QED) is 0.526. The van der Waals surface area contributed by atoms with E-state index in [1.165, 1.54) is 0 Å². The second kappa shape index (κ2) is 5.70. The molecular formula is C10H17NO4. The summed E-state index contributed by atoms with van der Waals surface area (Å²) in [5.41, 5.74) is 0. The lowest BCUT2D eigenvalue weighted by Crippen LogP contribution is -2.38. The van der Waals surface area contributed by atoms with Crippen LogP contribution in [0.1, 0.15) is 26.2 Å². The molecule has 5 heteroatoms. The molecule has 1 aliphatic rings. The van der Waals surface area contributed by atoms with Gasteiger partial charge in [-0.2, -0.15) is 0 Å². The Morgan fingerprint density at radius 3 is 2.87 bits per heavy atom. The number of esters is 1. The average molecular weight is 215 g/mol. The molecule has 0 bridgehead atoms. The SMILES string of the molecule is CCOC(=O)CC(=O)N1CCCC1CO. The first kappa shape index (κ1) is 12.0. The third-order valence-electron chi connectivity index (χ3n) is 2.51. The topological polar surface area (TPSA) is 66.8 Å². The molecule has 0 spiro atoms. The van der Waals surface area contributed by atoms with Crippen LogP contribution in [0.4, 0.5) is 0 Å². The monoisotopic (exact) mass is 215 g/mol. The summed E-state index contributed by atoms with van der Waals surface area (Å²) in [4.78, 5) is 24.3. The van der Waals surface area contributed by atoms with Gasteiger partial charge in [0, 0.05) is 6.54 Å². The van der Waals surface area contributed by atoms with E-state index in [-0.39, 0.29) is 31.6 Å². The highest BCUT2D eigenvalue weighted by Crippen LogP contribution is 2.17. The second-order valence-corrected chi connectivity index (χ2v) is 3.55. The molecule has 5 nitrogen and oxygen atoms in total. The van der Waals surface area contributed by atoms with Crippen molar-refractivity contribution in [1.82, 2.24) is 4.90 Å². The molecule has 1 amide bonds. The van der Waals surface area contributed by atoms with E-state index in [9.17, 15) is 9.59 Å². The summed E-state index contributed by atoms with van der Waals surface area (Å²) in [7, 11) is 0. The van der Waals surface area contributed by atoms with Gasteiger partial charge in [-0.3, -0.25) is 9.59 Å². The van der Waals surface area contributed by atoms with E-state index in [0.29, 0.717) is 6.54 Å².